The third-order valence-corrected chi connectivity index (χ3v) is 2.86. The Bertz CT molecular complexity index is 162. The molecule has 0 aromatic carbocycles. The first-order valence-corrected chi connectivity index (χ1v) is 5.03. The Labute approximate surface area is 76.2 Å². The second-order valence-corrected chi connectivity index (χ2v) is 4.27. The molecule has 1 fully saturated rings. The van der Waals surface area contributed by atoms with Gasteiger partial charge in [0.2, 0.25) is 0 Å². The van der Waals surface area contributed by atoms with Crippen LogP contribution >= 0.6 is 0 Å². The lowest BCUT2D eigenvalue weighted by Gasteiger charge is -2.11. The van der Waals surface area contributed by atoms with Gasteiger partial charge in [0.05, 0.1) is 0 Å². The quantitative estimate of drug-likeness (QED) is 0.490. The molecule has 1 aliphatic carbocycles. The first kappa shape index (κ1) is 9.79. The minimum atomic E-state index is 0.690. The Morgan fingerprint density at radius 2 is 2.08 bits per heavy atom. The molecule has 0 aromatic rings. The number of hydrogen-bond acceptors (Lipinski definition) is 1. The maximum absolute atomic E-state index is 3.49. The van der Waals surface area contributed by atoms with E-state index in [-0.39, 0.29) is 0 Å². The SMILES string of the molecule is CCC1(CNCC=C(C)C)CC1. The normalized spacial score (nSPS) is 18.9. The second kappa shape index (κ2) is 4.08. The van der Waals surface area contributed by atoms with E-state index in [2.05, 4.69) is 32.2 Å². The van der Waals surface area contributed by atoms with Crippen molar-refractivity contribution in [3.63, 3.8) is 0 Å². The topological polar surface area (TPSA) is 12.0 Å². The molecular weight excluding hydrogens is 146 g/mol. The third kappa shape index (κ3) is 2.98. The smallest absolute Gasteiger partial charge is 0.0137 e. The Balaban J connectivity index is 2.07. The van der Waals surface area contributed by atoms with Gasteiger partial charge in [0.15, 0.2) is 0 Å². The van der Waals surface area contributed by atoms with E-state index in [1.165, 1.54) is 31.4 Å². The highest BCUT2D eigenvalue weighted by atomic mass is 14.9. The van der Waals surface area contributed by atoms with Crippen molar-refractivity contribution in [1.29, 1.82) is 0 Å². The number of rotatable bonds is 5. The van der Waals surface area contributed by atoms with Gasteiger partial charge in [-0.3, -0.25) is 0 Å². The molecule has 12 heavy (non-hydrogen) atoms. The molecule has 0 radical (unpaired) electrons. The molecule has 0 amide bonds. The average molecular weight is 167 g/mol. The van der Waals surface area contributed by atoms with Crippen LogP contribution in [0.4, 0.5) is 0 Å². The van der Waals surface area contributed by atoms with E-state index in [1.807, 2.05) is 0 Å². The summed E-state index contributed by atoms with van der Waals surface area (Å²) in [6.45, 7) is 8.86. The molecule has 1 aliphatic rings. The van der Waals surface area contributed by atoms with Crippen LogP contribution in [0.1, 0.15) is 40.0 Å². The minimum Gasteiger partial charge on any atom is -0.313 e. The summed E-state index contributed by atoms with van der Waals surface area (Å²) >= 11 is 0. The summed E-state index contributed by atoms with van der Waals surface area (Å²) in [5.74, 6) is 0. The zero-order valence-corrected chi connectivity index (χ0v) is 8.61. The summed E-state index contributed by atoms with van der Waals surface area (Å²) in [4.78, 5) is 0. The fourth-order valence-electron chi connectivity index (χ4n) is 1.45. The van der Waals surface area contributed by atoms with Crippen molar-refractivity contribution in [3.8, 4) is 0 Å². The molecule has 1 rings (SSSR count). The van der Waals surface area contributed by atoms with Crippen molar-refractivity contribution in [2.24, 2.45) is 5.41 Å². The molecule has 0 aromatic heterocycles. The average Bonchev–Trinajstić information content (AvgIpc) is 2.79. The predicted octanol–water partition coefficient (Wildman–Crippen LogP) is 2.73. The summed E-state index contributed by atoms with van der Waals surface area (Å²) in [6, 6.07) is 0. The van der Waals surface area contributed by atoms with E-state index in [4.69, 9.17) is 0 Å². The molecule has 0 unspecified atom stereocenters. The van der Waals surface area contributed by atoms with Gasteiger partial charge >= 0.3 is 0 Å². The van der Waals surface area contributed by atoms with Crippen LogP contribution in [-0.4, -0.2) is 13.1 Å². The van der Waals surface area contributed by atoms with Gasteiger partial charge in [-0.1, -0.05) is 18.6 Å². The monoisotopic (exact) mass is 167 g/mol. The lowest BCUT2D eigenvalue weighted by Crippen LogP contribution is -2.23. The van der Waals surface area contributed by atoms with E-state index < -0.39 is 0 Å². The van der Waals surface area contributed by atoms with E-state index >= 15 is 0 Å². The van der Waals surface area contributed by atoms with Crippen molar-refractivity contribution in [2.75, 3.05) is 13.1 Å². The Morgan fingerprint density at radius 1 is 1.42 bits per heavy atom. The van der Waals surface area contributed by atoms with E-state index in [9.17, 15) is 0 Å². The van der Waals surface area contributed by atoms with Gasteiger partial charge in [0.1, 0.15) is 0 Å². The molecule has 0 saturated heterocycles. The van der Waals surface area contributed by atoms with Crippen LogP contribution in [0.3, 0.4) is 0 Å². The van der Waals surface area contributed by atoms with Gasteiger partial charge in [-0.15, -0.1) is 0 Å². The van der Waals surface area contributed by atoms with Gasteiger partial charge in [0.25, 0.3) is 0 Å². The van der Waals surface area contributed by atoms with Crippen LogP contribution in [0.15, 0.2) is 11.6 Å². The summed E-state index contributed by atoms with van der Waals surface area (Å²) in [7, 11) is 0. The van der Waals surface area contributed by atoms with Crippen molar-refractivity contribution in [2.45, 2.75) is 40.0 Å². The van der Waals surface area contributed by atoms with Gasteiger partial charge in [-0.25, -0.2) is 0 Å². The highest BCUT2D eigenvalue weighted by Gasteiger charge is 2.39. The molecule has 0 atom stereocenters. The van der Waals surface area contributed by atoms with Crippen LogP contribution in [0, 0.1) is 5.41 Å². The number of hydrogen-bond donors (Lipinski definition) is 1. The second-order valence-electron chi connectivity index (χ2n) is 4.27. The fraction of sp³-hybridized carbons (Fsp3) is 0.818. The molecular formula is C11H21N. The van der Waals surface area contributed by atoms with E-state index in [1.54, 1.807) is 0 Å². The first-order valence-electron chi connectivity index (χ1n) is 5.03. The number of nitrogens with one attached hydrogen (secondary N) is 1. The summed E-state index contributed by atoms with van der Waals surface area (Å²) < 4.78 is 0. The van der Waals surface area contributed by atoms with Crippen molar-refractivity contribution < 1.29 is 0 Å². The van der Waals surface area contributed by atoms with Gasteiger partial charge in [-0.2, -0.15) is 0 Å². The molecule has 70 valence electrons. The zero-order valence-electron chi connectivity index (χ0n) is 8.61. The maximum atomic E-state index is 3.49. The Kier molecular flexibility index (Phi) is 3.33. The standard InChI is InChI=1S/C11H21N/c1-4-11(6-7-11)9-12-8-5-10(2)3/h5,12H,4,6-9H2,1-3H3. The molecule has 0 aliphatic heterocycles. The van der Waals surface area contributed by atoms with Crippen molar-refractivity contribution in [3.05, 3.63) is 11.6 Å². The Morgan fingerprint density at radius 3 is 2.50 bits per heavy atom. The molecule has 0 heterocycles. The van der Waals surface area contributed by atoms with Gasteiger partial charge < -0.3 is 5.32 Å². The fourth-order valence-corrected chi connectivity index (χ4v) is 1.45. The highest BCUT2D eigenvalue weighted by molar-refractivity contribution is 4.97. The van der Waals surface area contributed by atoms with Gasteiger partial charge in [-0.05, 0) is 38.5 Å². The van der Waals surface area contributed by atoms with E-state index in [0.29, 0.717) is 5.41 Å². The third-order valence-electron chi connectivity index (χ3n) is 2.86. The maximum Gasteiger partial charge on any atom is 0.0137 e. The summed E-state index contributed by atoms with van der Waals surface area (Å²) in [6.07, 6.45) is 6.47. The summed E-state index contributed by atoms with van der Waals surface area (Å²) in [5.41, 5.74) is 2.10. The van der Waals surface area contributed by atoms with Gasteiger partial charge in [0, 0.05) is 13.1 Å². The van der Waals surface area contributed by atoms with Crippen LogP contribution in [0.5, 0.6) is 0 Å². The predicted molar refractivity (Wildman–Crippen MR) is 54.3 cm³/mol. The molecule has 1 N–H and O–H groups in total. The molecule has 0 bridgehead atoms. The minimum absolute atomic E-state index is 0.690. The van der Waals surface area contributed by atoms with Crippen molar-refractivity contribution in [1.82, 2.24) is 5.32 Å². The summed E-state index contributed by atoms with van der Waals surface area (Å²) in [5, 5.41) is 3.49. The molecule has 1 saturated carbocycles. The number of allylic oxidation sites excluding steroid dienone is 1. The molecule has 1 nitrogen and oxygen atoms in total. The van der Waals surface area contributed by atoms with E-state index in [0.717, 1.165) is 6.54 Å². The van der Waals surface area contributed by atoms with Crippen LogP contribution in [0.25, 0.3) is 0 Å². The molecule has 1 heteroatoms. The van der Waals surface area contributed by atoms with Crippen molar-refractivity contribution >= 4 is 0 Å². The largest absolute Gasteiger partial charge is 0.313 e. The zero-order chi connectivity index (χ0) is 9.03. The Hall–Kier alpha value is -0.300. The first-order chi connectivity index (χ1) is 5.68. The lowest BCUT2D eigenvalue weighted by atomic mass is 10.0. The lowest BCUT2D eigenvalue weighted by molar-refractivity contribution is 0.456. The molecule has 0 spiro atoms. The highest BCUT2D eigenvalue weighted by Crippen LogP contribution is 2.47. The van der Waals surface area contributed by atoms with Crippen LogP contribution in [-0.2, 0) is 0 Å². The van der Waals surface area contributed by atoms with Crippen LogP contribution in [0.2, 0.25) is 0 Å². The van der Waals surface area contributed by atoms with Crippen LogP contribution < -0.4 is 5.32 Å².